The van der Waals surface area contributed by atoms with Crippen molar-refractivity contribution in [3.8, 4) is 5.75 Å². The Morgan fingerprint density at radius 2 is 1.90 bits per heavy atom. The molecule has 1 N–H and O–H groups in total. The summed E-state index contributed by atoms with van der Waals surface area (Å²) in [5, 5.41) is 4.64. The molecular weight excluding hydrogens is 370 g/mol. The molecule has 0 spiro atoms. The fourth-order valence-corrected chi connectivity index (χ4v) is 4.04. The number of benzene rings is 2. The Morgan fingerprint density at radius 3 is 2.69 bits per heavy atom. The van der Waals surface area contributed by atoms with Crippen molar-refractivity contribution in [2.45, 2.75) is 38.5 Å². The molecular formula is C23H25NO5. The molecule has 152 valence electrons. The number of rotatable bonds is 7. The first kappa shape index (κ1) is 19.3. The van der Waals surface area contributed by atoms with Crippen LogP contribution in [-0.2, 0) is 14.3 Å². The smallest absolute Gasteiger partial charge is 0.306 e. The minimum atomic E-state index is -0.409. The molecule has 3 aromatic rings. The third kappa shape index (κ3) is 4.36. The SMILES string of the molecule is COc1cc2c(cc1NC(=O)COC(=O)CCC1CCCC1)oc1ccccc12. The highest BCUT2D eigenvalue weighted by atomic mass is 16.5. The summed E-state index contributed by atoms with van der Waals surface area (Å²) >= 11 is 0. The van der Waals surface area contributed by atoms with Crippen LogP contribution in [0.1, 0.15) is 38.5 Å². The molecule has 1 saturated carbocycles. The number of hydrogen-bond acceptors (Lipinski definition) is 5. The number of hydrogen-bond donors (Lipinski definition) is 1. The monoisotopic (exact) mass is 395 g/mol. The van der Waals surface area contributed by atoms with Crippen molar-refractivity contribution < 1.29 is 23.5 Å². The van der Waals surface area contributed by atoms with Crippen LogP contribution >= 0.6 is 0 Å². The van der Waals surface area contributed by atoms with Crippen molar-refractivity contribution in [2.24, 2.45) is 5.92 Å². The lowest BCUT2D eigenvalue weighted by atomic mass is 10.0. The second-order valence-corrected chi connectivity index (χ2v) is 7.54. The predicted molar refractivity (Wildman–Crippen MR) is 111 cm³/mol. The molecule has 2 aromatic carbocycles. The molecule has 4 rings (SSSR count). The fourth-order valence-electron chi connectivity index (χ4n) is 4.04. The van der Waals surface area contributed by atoms with Crippen molar-refractivity contribution in [3.05, 3.63) is 36.4 Å². The Morgan fingerprint density at radius 1 is 1.10 bits per heavy atom. The molecule has 1 aliphatic rings. The molecule has 1 aliphatic carbocycles. The van der Waals surface area contributed by atoms with Gasteiger partial charge in [0, 0.05) is 23.3 Å². The topological polar surface area (TPSA) is 77.8 Å². The van der Waals surface area contributed by atoms with E-state index >= 15 is 0 Å². The van der Waals surface area contributed by atoms with Crippen LogP contribution in [0.4, 0.5) is 5.69 Å². The lowest BCUT2D eigenvalue weighted by Gasteiger charge is -2.11. The average Bonchev–Trinajstić information content (AvgIpc) is 3.37. The van der Waals surface area contributed by atoms with Crippen LogP contribution in [0.3, 0.4) is 0 Å². The number of esters is 1. The number of methoxy groups -OCH3 is 1. The second kappa shape index (κ2) is 8.55. The van der Waals surface area contributed by atoms with Crippen LogP contribution in [0.15, 0.2) is 40.8 Å². The molecule has 0 unspecified atom stereocenters. The Balaban J connectivity index is 1.39. The van der Waals surface area contributed by atoms with Crippen molar-refractivity contribution in [1.82, 2.24) is 0 Å². The Bertz CT molecular complexity index is 1030. The number of para-hydroxylation sites is 1. The van der Waals surface area contributed by atoms with E-state index in [2.05, 4.69) is 5.32 Å². The summed E-state index contributed by atoms with van der Waals surface area (Å²) in [6.07, 6.45) is 6.10. The number of fused-ring (bicyclic) bond motifs is 3. The molecule has 1 amide bonds. The van der Waals surface area contributed by atoms with Gasteiger partial charge in [0.25, 0.3) is 5.91 Å². The first-order valence-electron chi connectivity index (χ1n) is 10.1. The molecule has 1 heterocycles. The predicted octanol–water partition coefficient (Wildman–Crippen LogP) is 5.05. The van der Waals surface area contributed by atoms with E-state index in [4.69, 9.17) is 13.9 Å². The Kier molecular flexibility index (Phi) is 5.69. The average molecular weight is 395 g/mol. The lowest BCUT2D eigenvalue weighted by Crippen LogP contribution is -2.21. The number of ether oxygens (including phenoxy) is 2. The number of amides is 1. The van der Waals surface area contributed by atoms with Crippen LogP contribution in [0, 0.1) is 5.92 Å². The van der Waals surface area contributed by atoms with Gasteiger partial charge in [0.2, 0.25) is 0 Å². The van der Waals surface area contributed by atoms with Crippen molar-refractivity contribution in [1.29, 1.82) is 0 Å². The zero-order chi connectivity index (χ0) is 20.2. The first-order chi connectivity index (χ1) is 14.1. The summed E-state index contributed by atoms with van der Waals surface area (Å²) in [4.78, 5) is 24.2. The summed E-state index contributed by atoms with van der Waals surface area (Å²) in [5.41, 5.74) is 1.89. The van der Waals surface area contributed by atoms with Crippen LogP contribution in [-0.4, -0.2) is 25.6 Å². The van der Waals surface area contributed by atoms with Crippen LogP contribution < -0.4 is 10.1 Å². The van der Waals surface area contributed by atoms with Gasteiger partial charge < -0.3 is 19.2 Å². The number of carbonyl (C=O) groups is 2. The van der Waals surface area contributed by atoms with Crippen LogP contribution in [0.2, 0.25) is 0 Å². The van der Waals surface area contributed by atoms with Gasteiger partial charge in [-0.15, -0.1) is 0 Å². The van der Waals surface area contributed by atoms with Gasteiger partial charge in [-0.3, -0.25) is 9.59 Å². The largest absolute Gasteiger partial charge is 0.495 e. The highest BCUT2D eigenvalue weighted by Gasteiger charge is 2.18. The molecule has 1 aromatic heterocycles. The quantitative estimate of drug-likeness (QED) is 0.567. The van der Waals surface area contributed by atoms with E-state index in [1.807, 2.05) is 30.3 Å². The maximum absolute atomic E-state index is 12.3. The standard InChI is InChI=1S/C23H25NO5/c1-27-21-12-17-16-8-4-5-9-19(16)29-20(17)13-18(21)24-22(25)14-28-23(26)11-10-15-6-2-3-7-15/h4-5,8-9,12-13,15H,2-3,6-7,10-11,14H2,1H3,(H,24,25). The summed E-state index contributed by atoms with van der Waals surface area (Å²) in [6, 6.07) is 11.3. The van der Waals surface area contributed by atoms with E-state index in [0.29, 0.717) is 29.4 Å². The van der Waals surface area contributed by atoms with Gasteiger partial charge in [0.15, 0.2) is 6.61 Å². The summed E-state index contributed by atoms with van der Waals surface area (Å²) in [7, 11) is 1.54. The molecule has 0 radical (unpaired) electrons. The molecule has 0 aliphatic heterocycles. The van der Waals surface area contributed by atoms with Gasteiger partial charge in [-0.05, 0) is 24.5 Å². The molecule has 0 saturated heterocycles. The van der Waals surface area contributed by atoms with E-state index in [-0.39, 0.29) is 12.6 Å². The number of furan rings is 1. The van der Waals surface area contributed by atoms with Gasteiger partial charge in [-0.25, -0.2) is 0 Å². The van der Waals surface area contributed by atoms with E-state index in [0.717, 1.165) is 22.8 Å². The van der Waals surface area contributed by atoms with E-state index < -0.39 is 5.91 Å². The minimum absolute atomic E-state index is 0.315. The molecule has 0 bridgehead atoms. The van der Waals surface area contributed by atoms with Gasteiger partial charge >= 0.3 is 5.97 Å². The van der Waals surface area contributed by atoms with Crippen molar-refractivity contribution >= 4 is 39.5 Å². The Labute approximate surface area is 169 Å². The molecule has 1 fully saturated rings. The van der Waals surface area contributed by atoms with E-state index in [9.17, 15) is 9.59 Å². The second-order valence-electron chi connectivity index (χ2n) is 7.54. The summed E-state index contributed by atoms with van der Waals surface area (Å²) < 4.78 is 16.4. The summed E-state index contributed by atoms with van der Waals surface area (Å²) in [5.74, 6) is 0.404. The molecule has 0 atom stereocenters. The van der Waals surface area contributed by atoms with Crippen LogP contribution in [0.25, 0.3) is 21.9 Å². The van der Waals surface area contributed by atoms with E-state index in [1.54, 1.807) is 13.2 Å². The van der Waals surface area contributed by atoms with Gasteiger partial charge in [0.05, 0.1) is 12.8 Å². The zero-order valence-corrected chi connectivity index (χ0v) is 16.5. The number of carbonyl (C=O) groups excluding carboxylic acids is 2. The highest BCUT2D eigenvalue weighted by molar-refractivity contribution is 6.07. The Hall–Kier alpha value is -3.02. The lowest BCUT2D eigenvalue weighted by molar-refractivity contribution is -0.147. The van der Waals surface area contributed by atoms with Crippen molar-refractivity contribution in [3.63, 3.8) is 0 Å². The maximum atomic E-state index is 12.3. The van der Waals surface area contributed by atoms with Crippen molar-refractivity contribution in [2.75, 3.05) is 19.0 Å². The molecule has 6 nitrogen and oxygen atoms in total. The van der Waals surface area contributed by atoms with Gasteiger partial charge in [-0.1, -0.05) is 43.9 Å². The minimum Gasteiger partial charge on any atom is -0.495 e. The van der Waals surface area contributed by atoms with Gasteiger partial charge in [0.1, 0.15) is 16.9 Å². The fraction of sp³-hybridized carbons (Fsp3) is 0.391. The van der Waals surface area contributed by atoms with Gasteiger partial charge in [-0.2, -0.15) is 0 Å². The maximum Gasteiger partial charge on any atom is 0.306 e. The summed E-state index contributed by atoms with van der Waals surface area (Å²) in [6.45, 7) is -0.315. The molecule has 6 heteroatoms. The zero-order valence-electron chi connectivity index (χ0n) is 16.5. The first-order valence-corrected chi connectivity index (χ1v) is 10.1. The van der Waals surface area contributed by atoms with E-state index in [1.165, 1.54) is 25.7 Å². The third-order valence-electron chi connectivity index (χ3n) is 5.57. The third-order valence-corrected chi connectivity index (χ3v) is 5.57. The normalized spacial score (nSPS) is 14.4. The molecule has 29 heavy (non-hydrogen) atoms. The highest BCUT2D eigenvalue weighted by Crippen LogP contribution is 2.36. The van der Waals surface area contributed by atoms with Crippen LogP contribution in [0.5, 0.6) is 5.75 Å². The number of nitrogens with one attached hydrogen (secondary N) is 1. The number of anilines is 1.